The van der Waals surface area contributed by atoms with Crippen LogP contribution in [-0.4, -0.2) is 34.7 Å². The van der Waals surface area contributed by atoms with Crippen molar-refractivity contribution in [1.82, 2.24) is 28.7 Å². The first kappa shape index (κ1) is 21.2. The Morgan fingerprint density at radius 1 is 1.00 bits per heavy atom. The summed E-state index contributed by atoms with van der Waals surface area (Å²) in [4.78, 5) is 43.1. The summed E-state index contributed by atoms with van der Waals surface area (Å²) in [7, 11) is 1.62. The van der Waals surface area contributed by atoms with E-state index in [9.17, 15) is 14.4 Å². The van der Waals surface area contributed by atoms with Gasteiger partial charge in [-0.15, -0.1) is 10.2 Å². The highest BCUT2D eigenvalue weighted by atomic mass is 16.5. The molecule has 176 valence electrons. The molecule has 6 rings (SSSR count). The summed E-state index contributed by atoms with van der Waals surface area (Å²) >= 11 is 0. The van der Waals surface area contributed by atoms with Gasteiger partial charge in [-0.3, -0.25) is 23.1 Å². The summed E-state index contributed by atoms with van der Waals surface area (Å²) in [6.07, 6.45) is 3.77. The number of fused-ring (bicyclic) bond motifs is 5. The first-order chi connectivity index (χ1) is 17.0. The Morgan fingerprint density at radius 2 is 1.86 bits per heavy atom. The molecule has 0 spiro atoms. The first-order valence-corrected chi connectivity index (χ1v) is 11.6. The van der Waals surface area contributed by atoms with Crippen LogP contribution in [0.4, 0.5) is 0 Å². The Labute approximate surface area is 198 Å². The lowest BCUT2D eigenvalue weighted by molar-refractivity contribution is 0.0461. The van der Waals surface area contributed by atoms with Crippen LogP contribution in [0.25, 0.3) is 27.6 Å². The SMILES string of the molecule is Cn1c(=O)c2ccccc2n2c(COC(=O)c3ccc4c(=O)n5c(nc4c3)CCCCC5)nnc12. The fourth-order valence-corrected chi connectivity index (χ4v) is 4.74. The van der Waals surface area contributed by atoms with Gasteiger partial charge in [0.05, 0.1) is 27.4 Å². The number of aryl methyl sites for hydroxylation is 2. The van der Waals surface area contributed by atoms with Crippen LogP contribution in [0.3, 0.4) is 0 Å². The topological polar surface area (TPSA) is 113 Å². The van der Waals surface area contributed by atoms with Crippen LogP contribution in [0.5, 0.6) is 0 Å². The molecule has 1 aliphatic rings. The lowest BCUT2D eigenvalue weighted by atomic mass is 10.1. The molecule has 0 atom stereocenters. The van der Waals surface area contributed by atoms with E-state index in [1.165, 1.54) is 4.57 Å². The molecule has 1 aliphatic heterocycles. The largest absolute Gasteiger partial charge is 0.454 e. The first-order valence-electron chi connectivity index (χ1n) is 11.6. The lowest BCUT2D eigenvalue weighted by Crippen LogP contribution is -2.24. The number of benzene rings is 2. The van der Waals surface area contributed by atoms with Gasteiger partial charge in [-0.25, -0.2) is 9.78 Å². The summed E-state index contributed by atoms with van der Waals surface area (Å²) < 4.78 is 10.4. The van der Waals surface area contributed by atoms with Crippen LogP contribution < -0.4 is 11.1 Å². The Morgan fingerprint density at radius 3 is 2.74 bits per heavy atom. The Balaban J connectivity index is 1.33. The summed E-state index contributed by atoms with van der Waals surface area (Å²) in [5.41, 5.74) is 1.18. The maximum absolute atomic E-state index is 12.9. The number of aromatic nitrogens is 6. The van der Waals surface area contributed by atoms with Gasteiger partial charge in [0.2, 0.25) is 5.78 Å². The molecular weight excluding hydrogens is 448 g/mol. The molecule has 0 saturated heterocycles. The summed E-state index contributed by atoms with van der Waals surface area (Å²) in [6, 6.07) is 12.0. The fourth-order valence-electron chi connectivity index (χ4n) is 4.74. The monoisotopic (exact) mass is 470 g/mol. The van der Waals surface area contributed by atoms with E-state index in [1.807, 2.05) is 6.07 Å². The number of ether oxygens (including phenoxy) is 1. The molecular formula is C25H22N6O4. The molecule has 4 heterocycles. The lowest BCUT2D eigenvalue weighted by Gasteiger charge is -2.11. The third kappa shape index (κ3) is 3.40. The summed E-state index contributed by atoms with van der Waals surface area (Å²) in [5.74, 6) is 0.950. The smallest absolute Gasteiger partial charge is 0.338 e. The number of rotatable bonds is 3. The van der Waals surface area contributed by atoms with E-state index in [1.54, 1.807) is 52.4 Å². The molecule has 3 aromatic heterocycles. The zero-order valence-corrected chi connectivity index (χ0v) is 19.1. The number of nitrogens with zero attached hydrogens (tertiary/aromatic N) is 6. The van der Waals surface area contributed by atoms with Gasteiger partial charge in [-0.2, -0.15) is 0 Å². The highest BCUT2D eigenvalue weighted by molar-refractivity contribution is 5.94. The molecule has 0 saturated carbocycles. The minimum absolute atomic E-state index is 0.0702. The molecule has 35 heavy (non-hydrogen) atoms. The average molecular weight is 470 g/mol. The van der Waals surface area contributed by atoms with Crippen molar-refractivity contribution in [2.24, 2.45) is 7.05 Å². The van der Waals surface area contributed by atoms with Gasteiger partial charge in [0.15, 0.2) is 12.4 Å². The Kier molecular flexibility index (Phi) is 4.94. The van der Waals surface area contributed by atoms with E-state index < -0.39 is 5.97 Å². The van der Waals surface area contributed by atoms with Crippen LogP contribution in [0.2, 0.25) is 0 Å². The second-order valence-corrected chi connectivity index (χ2v) is 8.74. The third-order valence-corrected chi connectivity index (χ3v) is 6.58. The standard InChI is InChI=1S/C25H22N6O4/c1-29-22(32)17-7-4-5-8-19(17)31-21(27-28-25(29)31)14-35-24(34)15-10-11-16-18(13-15)26-20-9-3-2-6-12-30(20)23(16)33/h4-5,7-8,10-11,13H,2-3,6,9,12,14H2,1H3. The van der Waals surface area contributed by atoms with Gasteiger partial charge in [0.1, 0.15) is 5.82 Å². The predicted octanol–water partition coefficient (Wildman–Crippen LogP) is 2.37. The molecule has 0 unspecified atom stereocenters. The second kappa shape index (κ2) is 8.15. The molecule has 10 nitrogen and oxygen atoms in total. The van der Waals surface area contributed by atoms with Crippen molar-refractivity contribution >= 4 is 33.6 Å². The molecule has 5 aromatic rings. The van der Waals surface area contributed by atoms with Gasteiger partial charge in [-0.05, 0) is 43.2 Å². The fraction of sp³-hybridized carbons (Fsp3) is 0.280. The van der Waals surface area contributed by atoms with Gasteiger partial charge >= 0.3 is 5.97 Å². The average Bonchev–Trinajstić information content (AvgIpc) is 3.16. The Hall–Kier alpha value is -4.34. The van der Waals surface area contributed by atoms with Crippen LogP contribution >= 0.6 is 0 Å². The maximum atomic E-state index is 12.9. The number of esters is 1. The molecule has 0 aliphatic carbocycles. The summed E-state index contributed by atoms with van der Waals surface area (Å²) in [6.45, 7) is 0.536. The van der Waals surface area contributed by atoms with Crippen molar-refractivity contribution < 1.29 is 9.53 Å². The number of hydrogen-bond donors (Lipinski definition) is 0. The zero-order valence-electron chi connectivity index (χ0n) is 19.1. The van der Waals surface area contributed by atoms with Crippen molar-refractivity contribution in [3.05, 3.63) is 80.4 Å². The Bertz CT molecular complexity index is 1760. The minimum Gasteiger partial charge on any atom is -0.454 e. The molecule has 0 fully saturated rings. The van der Waals surface area contributed by atoms with Crippen LogP contribution in [0.15, 0.2) is 52.1 Å². The van der Waals surface area contributed by atoms with Crippen molar-refractivity contribution in [2.75, 3.05) is 0 Å². The van der Waals surface area contributed by atoms with Gasteiger partial charge < -0.3 is 4.74 Å². The molecule has 0 radical (unpaired) electrons. The molecule has 10 heteroatoms. The van der Waals surface area contributed by atoms with Gasteiger partial charge in [0.25, 0.3) is 11.1 Å². The van der Waals surface area contributed by atoms with Crippen LogP contribution in [-0.2, 0) is 31.4 Å². The van der Waals surface area contributed by atoms with Crippen molar-refractivity contribution in [3.8, 4) is 0 Å². The van der Waals surface area contributed by atoms with E-state index >= 15 is 0 Å². The molecule has 0 bridgehead atoms. The maximum Gasteiger partial charge on any atom is 0.338 e. The van der Waals surface area contributed by atoms with Gasteiger partial charge in [-0.1, -0.05) is 18.6 Å². The number of carbonyl (C=O) groups is 1. The van der Waals surface area contributed by atoms with E-state index in [2.05, 4.69) is 15.2 Å². The van der Waals surface area contributed by atoms with Gasteiger partial charge in [0, 0.05) is 20.0 Å². The normalized spacial score (nSPS) is 13.7. The highest BCUT2D eigenvalue weighted by Gasteiger charge is 2.18. The van der Waals surface area contributed by atoms with Crippen molar-refractivity contribution in [1.29, 1.82) is 0 Å². The van der Waals surface area contributed by atoms with Crippen molar-refractivity contribution in [2.45, 2.75) is 38.8 Å². The number of para-hydroxylation sites is 1. The summed E-state index contributed by atoms with van der Waals surface area (Å²) in [5, 5.41) is 9.27. The van der Waals surface area contributed by atoms with Crippen LogP contribution in [0, 0.1) is 0 Å². The zero-order chi connectivity index (χ0) is 24.1. The molecule has 0 N–H and O–H groups in total. The van der Waals surface area contributed by atoms with Crippen LogP contribution in [0.1, 0.15) is 41.3 Å². The van der Waals surface area contributed by atoms with E-state index in [4.69, 9.17) is 4.74 Å². The van der Waals surface area contributed by atoms with Crippen molar-refractivity contribution in [3.63, 3.8) is 0 Å². The molecule has 0 amide bonds. The second-order valence-electron chi connectivity index (χ2n) is 8.74. The number of carbonyl (C=O) groups excluding carboxylic acids is 1. The highest BCUT2D eigenvalue weighted by Crippen LogP contribution is 2.18. The molecule has 2 aromatic carbocycles. The quantitative estimate of drug-likeness (QED) is 0.372. The predicted molar refractivity (Wildman–Crippen MR) is 128 cm³/mol. The van der Waals surface area contributed by atoms with E-state index in [-0.39, 0.29) is 17.7 Å². The van der Waals surface area contributed by atoms with E-state index in [0.29, 0.717) is 45.5 Å². The minimum atomic E-state index is -0.561. The van der Waals surface area contributed by atoms with E-state index in [0.717, 1.165) is 31.5 Å². The third-order valence-electron chi connectivity index (χ3n) is 6.58. The number of hydrogen-bond acceptors (Lipinski definition) is 7.